The summed E-state index contributed by atoms with van der Waals surface area (Å²) in [6, 6.07) is 23.1. The van der Waals surface area contributed by atoms with Gasteiger partial charge in [-0.2, -0.15) is 0 Å². The number of ether oxygens (including phenoxy) is 1. The van der Waals surface area contributed by atoms with Gasteiger partial charge in [-0.3, -0.25) is 4.79 Å². The van der Waals surface area contributed by atoms with Crippen molar-refractivity contribution in [1.29, 1.82) is 0 Å². The zero-order valence-electron chi connectivity index (χ0n) is 13.9. The molecule has 3 heteroatoms. The largest absolute Gasteiger partial charge is 0.462 e. The van der Waals surface area contributed by atoms with Gasteiger partial charge in [0, 0.05) is 5.92 Å². The molecule has 1 aliphatic rings. The van der Waals surface area contributed by atoms with E-state index in [9.17, 15) is 4.79 Å². The number of carbonyl (C=O) groups is 1. The summed E-state index contributed by atoms with van der Waals surface area (Å²) >= 11 is 0. The van der Waals surface area contributed by atoms with Crippen molar-refractivity contribution in [3.05, 3.63) is 71.8 Å². The molecule has 2 atom stereocenters. The summed E-state index contributed by atoms with van der Waals surface area (Å²) in [5.41, 5.74) is 2.62. The average molecular weight is 324 g/mol. The van der Waals surface area contributed by atoms with Crippen LogP contribution in [0.4, 0.5) is 0 Å². The minimum Gasteiger partial charge on any atom is -0.462 e. The van der Waals surface area contributed by atoms with Crippen LogP contribution >= 0.6 is 0 Å². The number of carbonyl (C=O) groups excluding carboxylic acids is 1. The van der Waals surface area contributed by atoms with E-state index in [0.29, 0.717) is 6.42 Å². The Morgan fingerprint density at radius 2 is 1.61 bits per heavy atom. The maximum Gasteiger partial charge on any atom is 0.306 e. The van der Waals surface area contributed by atoms with Gasteiger partial charge in [0.2, 0.25) is 0 Å². The van der Waals surface area contributed by atoms with Crippen LogP contribution in [0.25, 0.3) is 0 Å². The van der Waals surface area contributed by atoms with E-state index in [1.54, 1.807) is 0 Å². The molecule has 0 saturated carbocycles. The van der Waals surface area contributed by atoms with E-state index in [1.807, 2.05) is 18.2 Å². The standard InChI is InChI=1S/C20H24O2Si/c1-23(2,14-16-9-5-3-6-10-16)15-19-18(13-20(21)22-19)17-11-7-4-8-12-17/h3-12,18-19H,13-15H2,1-2H3/t18-,19-/m1/s1. The van der Waals surface area contributed by atoms with Crippen molar-refractivity contribution < 1.29 is 9.53 Å². The molecule has 1 saturated heterocycles. The van der Waals surface area contributed by atoms with Crippen LogP contribution in [0.1, 0.15) is 23.5 Å². The summed E-state index contributed by atoms with van der Waals surface area (Å²) in [7, 11) is -1.49. The molecule has 0 spiro atoms. The Balaban J connectivity index is 1.73. The fraction of sp³-hybridized carbons (Fsp3) is 0.350. The van der Waals surface area contributed by atoms with Crippen LogP contribution in [0.5, 0.6) is 0 Å². The molecular formula is C20H24O2Si. The van der Waals surface area contributed by atoms with E-state index < -0.39 is 8.07 Å². The van der Waals surface area contributed by atoms with Crippen LogP contribution < -0.4 is 0 Å². The fourth-order valence-electron chi connectivity index (χ4n) is 3.59. The zero-order valence-corrected chi connectivity index (χ0v) is 14.9. The summed E-state index contributed by atoms with van der Waals surface area (Å²) in [5, 5.41) is 0. The molecule has 0 N–H and O–H groups in total. The predicted molar refractivity (Wildman–Crippen MR) is 96.1 cm³/mol. The van der Waals surface area contributed by atoms with Crippen LogP contribution in [-0.4, -0.2) is 20.1 Å². The molecule has 1 aliphatic heterocycles. The number of cyclic esters (lactones) is 1. The van der Waals surface area contributed by atoms with Crippen LogP contribution in [0, 0.1) is 0 Å². The number of hydrogen-bond donors (Lipinski definition) is 0. The summed E-state index contributed by atoms with van der Waals surface area (Å²) in [5.74, 6) is 0.166. The van der Waals surface area contributed by atoms with Crippen LogP contribution in [0.3, 0.4) is 0 Å². The third-order valence-electron chi connectivity index (χ3n) is 4.63. The minimum absolute atomic E-state index is 0.0373. The lowest BCUT2D eigenvalue weighted by atomic mass is 9.93. The highest BCUT2D eigenvalue weighted by atomic mass is 28.3. The topological polar surface area (TPSA) is 26.3 Å². The Kier molecular flexibility index (Phi) is 4.67. The second-order valence-corrected chi connectivity index (χ2v) is 12.4. The molecule has 0 amide bonds. The first-order chi connectivity index (χ1) is 11.0. The molecule has 0 radical (unpaired) electrons. The van der Waals surface area contributed by atoms with Crippen LogP contribution in [0.15, 0.2) is 60.7 Å². The van der Waals surface area contributed by atoms with Gasteiger partial charge in [-0.1, -0.05) is 79.3 Å². The number of benzene rings is 2. The molecule has 2 nitrogen and oxygen atoms in total. The molecule has 23 heavy (non-hydrogen) atoms. The molecule has 0 aliphatic carbocycles. The lowest BCUT2D eigenvalue weighted by Crippen LogP contribution is -2.35. The number of hydrogen-bond acceptors (Lipinski definition) is 2. The number of esters is 1. The first kappa shape index (κ1) is 16.0. The van der Waals surface area contributed by atoms with Crippen molar-refractivity contribution in [1.82, 2.24) is 0 Å². The van der Waals surface area contributed by atoms with Crippen molar-refractivity contribution >= 4 is 14.0 Å². The lowest BCUT2D eigenvalue weighted by molar-refractivity contribution is -0.140. The van der Waals surface area contributed by atoms with Crippen molar-refractivity contribution in [2.75, 3.05) is 0 Å². The Bertz CT molecular complexity index is 652. The second kappa shape index (κ2) is 6.71. The van der Waals surface area contributed by atoms with Crippen molar-refractivity contribution in [3.8, 4) is 0 Å². The predicted octanol–water partition coefficient (Wildman–Crippen LogP) is 4.58. The highest BCUT2D eigenvalue weighted by Gasteiger charge is 2.39. The monoisotopic (exact) mass is 324 g/mol. The van der Waals surface area contributed by atoms with E-state index in [2.05, 4.69) is 55.6 Å². The first-order valence-electron chi connectivity index (χ1n) is 8.32. The SMILES string of the molecule is C[Si](C)(Cc1ccccc1)C[C@H]1OC(=O)C[C@@H]1c1ccccc1. The van der Waals surface area contributed by atoms with E-state index in [-0.39, 0.29) is 18.0 Å². The number of rotatable bonds is 5. The molecule has 1 fully saturated rings. The summed E-state index contributed by atoms with van der Waals surface area (Å²) in [6.07, 6.45) is 0.556. The summed E-state index contributed by atoms with van der Waals surface area (Å²) in [4.78, 5) is 11.9. The highest BCUT2D eigenvalue weighted by Crippen LogP contribution is 2.37. The smallest absolute Gasteiger partial charge is 0.306 e. The lowest BCUT2D eigenvalue weighted by Gasteiger charge is -2.28. The Hall–Kier alpha value is -1.87. The van der Waals surface area contributed by atoms with E-state index >= 15 is 0 Å². The Labute approximate surface area is 139 Å². The summed E-state index contributed by atoms with van der Waals surface area (Å²) in [6.45, 7) is 4.79. The van der Waals surface area contributed by atoms with Gasteiger partial charge < -0.3 is 4.74 Å². The molecule has 1 heterocycles. The Morgan fingerprint density at radius 3 is 2.26 bits per heavy atom. The Morgan fingerprint density at radius 1 is 1.00 bits per heavy atom. The zero-order chi connectivity index (χ0) is 16.3. The molecule has 0 bridgehead atoms. The van der Waals surface area contributed by atoms with Gasteiger partial charge in [-0.15, -0.1) is 0 Å². The van der Waals surface area contributed by atoms with E-state index in [4.69, 9.17) is 4.74 Å². The molecule has 0 unspecified atom stereocenters. The van der Waals surface area contributed by atoms with Gasteiger partial charge in [-0.05, 0) is 17.7 Å². The van der Waals surface area contributed by atoms with Gasteiger partial charge in [0.05, 0.1) is 14.5 Å². The maximum atomic E-state index is 11.9. The normalized spacial score (nSPS) is 21.2. The molecular weight excluding hydrogens is 300 g/mol. The average Bonchev–Trinajstić information content (AvgIpc) is 2.88. The molecule has 2 aromatic rings. The third-order valence-corrected chi connectivity index (χ3v) is 7.50. The van der Waals surface area contributed by atoms with Gasteiger partial charge >= 0.3 is 5.97 Å². The highest BCUT2D eigenvalue weighted by molar-refractivity contribution is 6.77. The quantitative estimate of drug-likeness (QED) is 0.594. The van der Waals surface area contributed by atoms with Crippen LogP contribution in [-0.2, 0) is 15.6 Å². The van der Waals surface area contributed by atoms with Crippen molar-refractivity contribution in [2.45, 2.75) is 43.6 Å². The molecule has 3 rings (SSSR count). The van der Waals surface area contributed by atoms with Gasteiger partial charge in [0.1, 0.15) is 6.10 Å². The third kappa shape index (κ3) is 4.11. The molecule has 0 aromatic heterocycles. The van der Waals surface area contributed by atoms with E-state index in [0.717, 1.165) is 12.1 Å². The van der Waals surface area contributed by atoms with Gasteiger partial charge in [0.25, 0.3) is 0 Å². The summed E-state index contributed by atoms with van der Waals surface area (Å²) < 4.78 is 5.70. The second-order valence-electron chi connectivity index (χ2n) is 7.28. The first-order valence-corrected chi connectivity index (χ1v) is 11.7. The minimum atomic E-state index is -1.49. The van der Waals surface area contributed by atoms with Crippen LogP contribution in [0.2, 0.25) is 19.1 Å². The van der Waals surface area contributed by atoms with Crippen molar-refractivity contribution in [2.24, 2.45) is 0 Å². The van der Waals surface area contributed by atoms with Crippen molar-refractivity contribution in [3.63, 3.8) is 0 Å². The maximum absolute atomic E-state index is 11.9. The van der Waals surface area contributed by atoms with Gasteiger partial charge in [-0.25, -0.2) is 0 Å². The fourth-order valence-corrected chi connectivity index (χ4v) is 6.53. The van der Waals surface area contributed by atoms with Gasteiger partial charge in [0.15, 0.2) is 0 Å². The molecule has 2 aromatic carbocycles. The van der Waals surface area contributed by atoms with E-state index in [1.165, 1.54) is 11.1 Å². The molecule has 120 valence electrons.